The van der Waals surface area contributed by atoms with Crippen LogP contribution in [0.2, 0.25) is 0 Å². The highest BCUT2D eigenvalue weighted by Crippen LogP contribution is 2.55. The van der Waals surface area contributed by atoms with Crippen LogP contribution in [0.4, 0.5) is 0 Å². The SMILES string of the molecule is C=CCCCC#CC1N(Cc2ccccc2)C12CCC2. The van der Waals surface area contributed by atoms with Gasteiger partial charge in [0.2, 0.25) is 0 Å². The van der Waals surface area contributed by atoms with E-state index in [4.69, 9.17) is 0 Å². The van der Waals surface area contributed by atoms with Gasteiger partial charge in [-0.2, -0.15) is 0 Å². The van der Waals surface area contributed by atoms with E-state index in [1.165, 1.54) is 24.8 Å². The Morgan fingerprint density at radius 3 is 2.75 bits per heavy atom. The highest BCUT2D eigenvalue weighted by Gasteiger charge is 2.64. The quantitative estimate of drug-likeness (QED) is 0.334. The molecular weight excluding hydrogens is 242 g/mol. The van der Waals surface area contributed by atoms with E-state index in [-0.39, 0.29) is 0 Å². The smallest absolute Gasteiger partial charge is 0.0909 e. The lowest BCUT2D eigenvalue weighted by Crippen LogP contribution is -2.28. The Labute approximate surface area is 122 Å². The first-order valence-electron chi connectivity index (χ1n) is 7.77. The molecular formula is C19H23N. The number of allylic oxidation sites excluding steroid dienone is 1. The zero-order valence-corrected chi connectivity index (χ0v) is 12.1. The van der Waals surface area contributed by atoms with E-state index in [2.05, 4.69) is 53.7 Å². The van der Waals surface area contributed by atoms with Gasteiger partial charge < -0.3 is 0 Å². The Bertz CT molecular complexity index is 516. The third-order valence-electron chi connectivity index (χ3n) is 4.69. The first-order valence-corrected chi connectivity index (χ1v) is 7.77. The highest BCUT2D eigenvalue weighted by molar-refractivity contribution is 5.34. The van der Waals surface area contributed by atoms with Crippen LogP contribution in [0, 0.1) is 11.8 Å². The molecule has 2 atom stereocenters. The molecule has 2 aliphatic rings. The van der Waals surface area contributed by atoms with Gasteiger partial charge in [0.15, 0.2) is 0 Å². The van der Waals surface area contributed by atoms with Crippen LogP contribution in [-0.2, 0) is 6.54 Å². The fourth-order valence-electron chi connectivity index (χ4n) is 3.28. The molecule has 0 amide bonds. The summed E-state index contributed by atoms with van der Waals surface area (Å²) < 4.78 is 0. The molecule has 0 bridgehead atoms. The maximum atomic E-state index is 3.75. The van der Waals surface area contributed by atoms with Gasteiger partial charge in [-0.15, -0.1) is 12.5 Å². The largest absolute Gasteiger partial charge is 0.276 e. The minimum absolute atomic E-state index is 0.446. The summed E-state index contributed by atoms with van der Waals surface area (Å²) in [6.07, 6.45) is 9.27. The monoisotopic (exact) mass is 265 g/mol. The maximum absolute atomic E-state index is 3.75. The number of hydrogen-bond acceptors (Lipinski definition) is 1. The molecule has 1 heterocycles. The molecule has 1 aliphatic carbocycles. The molecule has 0 N–H and O–H groups in total. The van der Waals surface area contributed by atoms with Gasteiger partial charge in [0.1, 0.15) is 0 Å². The third-order valence-corrected chi connectivity index (χ3v) is 4.69. The molecule has 1 aromatic carbocycles. The predicted molar refractivity (Wildman–Crippen MR) is 84.2 cm³/mol. The van der Waals surface area contributed by atoms with E-state index >= 15 is 0 Å². The second kappa shape index (κ2) is 5.85. The van der Waals surface area contributed by atoms with Crippen LogP contribution in [0.5, 0.6) is 0 Å². The van der Waals surface area contributed by atoms with Crippen molar-refractivity contribution in [1.29, 1.82) is 0 Å². The lowest BCUT2D eigenvalue weighted by atomic mass is 9.81. The van der Waals surface area contributed by atoms with Gasteiger partial charge >= 0.3 is 0 Å². The van der Waals surface area contributed by atoms with Crippen molar-refractivity contribution in [3.05, 3.63) is 48.6 Å². The van der Waals surface area contributed by atoms with E-state index in [1.54, 1.807) is 0 Å². The number of nitrogens with zero attached hydrogens (tertiary/aromatic N) is 1. The molecule has 2 fully saturated rings. The summed E-state index contributed by atoms with van der Waals surface area (Å²) in [5.74, 6) is 6.90. The van der Waals surface area contributed by atoms with Crippen molar-refractivity contribution >= 4 is 0 Å². The molecule has 1 nitrogen and oxygen atoms in total. The third kappa shape index (κ3) is 2.53. The lowest BCUT2D eigenvalue weighted by Gasteiger charge is -2.26. The lowest BCUT2D eigenvalue weighted by molar-refractivity contribution is 0.270. The number of rotatable bonds is 5. The van der Waals surface area contributed by atoms with Crippen LogP contribution in [-0.4, -0.2) is 16.5 Å². The summed E-state index contributed by atoms with van der Waals surface area (Å²) in [6, 6.07) is 11.3. The summed E-state index contributed by atoms with van der Waals surface area (Å²) in [6.45, 7) is 4.82. The van der Waals surface area contributed by atoms with Crippen molar-refractivity contribution in [1.82, 2.24) is 4.90 Å². The summed E-state index contributed by atoms with van der Waals surface area (Å²) in [4.78, 5) is 2.60. The van der Waals surface area contributed by atoms with Gasteiger partial charge in [0.05, 0.1) is 6.04 Å². The zero-order valence-electron chi connectivity index (χ0n) is 12.1. The minimum atomic E-state index is 0.446. The van der Waals surface area contributed by atoms with Crippen LogP contribution in [0.1, 0.15) is 44.1 Å². The van der Waals surface area contributed by atoms with E-state index < -0.39 is 0 Å². The average Bonchev–Trinajstić information content (AvgIpc) is 3.07. The summed E-state index contributed by atoms with van der Waals surface area (Å²) >= 11 is 0. The first kappa shape index (κ1) is 13.5. The molecule has 1 heteroatoms. The van der Waals surface area contributed by atoms with E-state index in [1.807, 2.05) is 6.08 Å². The fraction of sp³-hybridized carbons (Fsp3) is 0.474. The average molecular weight is 265 g/mol. The van der Waals surface area contributed by atoms with Crippen LogP contribution < -0.4 is 0 Å². The van der Waals surface area contributed by atoms with Crippen LogP contribution in [0.25, 0.3) is 0 Å². The van der Waals surface area contributed by atoms with Gasteiger partial charge in [0, 0.05) is 18.5 Å². The van der Waals surface area contributed by atoms with Crippen LogP contribution >= 0.6 is 0 Å². The van der Waals surface area contributed by atoms with Crippen molar-refractivity contribution < 1.29 is 0 Å². The summed E-state index contributed by atoms with van der Waals surface area (Å²) in [5.41, 5.74) is 1.86. The Morgan fingerprint density at radius 1 is 1.30 bits per heavy atom. The Balaban J connectivity index is 1.58. The van der Waals surface area contributed by atoms with Crippen molar-refractivity contribution in [3.63, 3.8) is 0 Å². The van der Waals surface area contributed by atoms with Crippen molar-refractivity contribution in [2.45, 2.75) is 56.7 Å². The number of unbranched alkanes of at least 4 members (excludes halogenated alkanes) is 2. The highest BCUT2D eigenvalue weighted by atomic mass is 15.4. The molecule has 1 saturated carbocycles. The Kier molecular flexibility index (Phi) is 3.94. The second-order valence-electron chi connectivity index (χ2n) is 5.98. The minimum Gasteiger partial charge on any atom is -0.276 e. The summed E-state index contributed by atoms with van der Waals surface area (Å²) in [5, 5.41) is 0. The van der Waals surface area contributed by atoms with Crippen molar-refractivity contribution in [3.8, 4) is 11.8 Å². The standard InChI is InChI=1S/C19H23N/c1-2-3-4-5-9-13-18-19(14-10-15-19)20(18)16-17-11-7-6-8-12-17/h2,6-8,11-12,18H,1,3-5,10,14-16H2. The first-order chi connectivity index (χ1) is 9.87. The Hall–Kier alpha value is -1.52. The molecule has 1 aromatic rings. The number of hydrogen-bond donors (Lipinski definition) is 0. The molecule has 0 aromatic heterocycles. The van der Waals surface area contributed by atoms with E-state index in [0.29, 0.717) is 11.6 Å². The molecule has 20 heavy (non-hydrogen) atoms. The Morgan fingerprint density at radius 2 is 2.10 bits per heavy atom. The van der Waals surface area contributed by atoms with Gasteiger partial charge in [-0.05, 0) is 37.7 Å². The van der Waals surface area contributed by atoms with Gasteiger partial charge in [-0.1, -0.05) is 42.3 Å². The van der Waals surface area contributed by atoms with Crippen molar-refractivity contribution in [2.24, 2.45) is 0 Å². The molecule has 3 rings (SSSR count). The maximum Gasteiger partial charge on any atom is 0.0909 e. The molecule has 2 unspecified atom stereocenters. The zero-order chi connectivity index (χ0) is 13.8. The molecule has 1 spiro atoms. The summed E-state index contributed by atoms with van der Waals surface area (Å²) in [7, 11) is 0. The molecule has 1 aliphatic heterocycles. The van der Waals surface area contributed by atoms with Gasteiger partial charge in [-0.3, -0.25) is 4.90 Å². The normalized spacial score (nSPS) is 25.4. The molecule has 0 radical (unpaired) electrons. The van der Waals surface area contributed by atoms with E-state index in [0.717, 1.165) is 25.8 Å². The topological polar surface area (TPSA) is 3.01 Å². The molecule has 1 saturated heterocycles. The predicted octanol–water partition coefficient (Wildman–Crippen LogP) is 4.15. The van der Waals surface area contributed by atoms with Gasteiger partial charge in [0.25, 0.3) is 0 Å². The fourth-order valence-corrected chi connectivity index (χ4v) is 3.28. The second-order valence-corrected chi connectivity index (χ2v) is 5.98. The van der Waals surface area contributed by atoms with Crippen LogP contribution in [0.3, 0.4) is 0 Å². The van der Waals surface area contributed by atoms with Crippen molar-refractivity contribution in [2.75, 3.05) is 0 Å². The number of benzene rings is 1. The van der Waals surface area contributed by atoms with Crippen LogP contribution in [0.15, 0.2) is 43.0 Å². The van der Waals surface area contributed by atoms with Gasteiger partial charge in [-0.25, -0.2) is 0 Å². The molecule has 104 valence electrons. The van der Waals surface area contributed by atoms with E-state index in [9.17, 15) is 0 Å².